The Balaban J connectivity index is 2.17. The number of anilines is 1. The molecule has 0 aliphatic heterocycles. The summed E-state index contributed by atoms with van der Waals surface area (Å²) in [5.41, 5.74) is 7.73. The predicted octanol–water partition coefficient (Wildman–Crippen LogP) is 2.50. The van der Waals surface area contributed by atoms with Crippen molar-refractivity contribution < 1.29 is 14.6 Å². The Hall–Kier alpha value is -2.21. The van der Waals surface area contributed by atoms with Gasteiger partial charge in [0.15, 0.2) is 0 Å². The van der Waals surface area contributed by atoms with Gasteiger partial charge >= 0.3 is 5.97 Å². The molecule has 2 aromatic rings. The Morgan fingerprint density at radius 3 is 2.76 bits per heavy atom. The van der Waals surface area contributed by atoms with E-state index in [9.17, 15) is 4.79 Å². The summed E-state index contributed by atoms with van der Waals surface area (Å²) in [6.07, 6.45) is 0.738. The van der Waals surface area contributed by atoms with Crippen molar-refractivity contribution >= 4 is 23.3 Å². The van der Waals surface area contributed by atoms with Gasteiger partial charge in [-0.05, 0) is 24.6 Å². The fourth-order valence-corrected chi connectivity index (χ4v) is 2.28. The first kappa shape index (κ1) is 15.2. The number of aryl methyl sites for hydroxylation is 2. The van der Waals surface area contributed by atoms with E-state index >= 15 is 0 Å². The van der Waals surface area contributed by atoms with Crippen LogP contribution in [0, 0.1) is 0 Å². The van der Waals surface area contributed by atoms with Crippen LogP contribution in [0.15, 0.2) is 18.2 Å². The lowest BCUT2D eigenvalue weighted by molar-refractivity contribution is 0.0697. The van der Waals surface area contributed by atoms with Crippen LogP contribution in [0.3, 0.4) is 0 Å². The van der Waals surface area contributed by atoms with Gasteiger partial charge in [-0.25, -0.2) is 4.79 Å². The highest BCUT2D eigenvalue weighted by atomic mass is 35.5. The first-order valence-corrected chi connectivity index (χ1v) is 6.77. The van der Waals surface area contributed by atoms with E-state index < -0.39 is 5.97 Å². The normalized spacial score (nSPS) is 10.6. The van der Waals surface area contributed by atoms with Crippen LogP contribution in [-0.4, -0.2) is 20.9 Å². The van der Waals surface area contributed by atoms with Crippen LogP contribution in [0.25, 0.3) is 0 Å². The molecule has 112 valence electrons. The molecule has 1 aromatic heterocycles. The highest BCUT2D eigenvalue weighted by Gasteiger charge is 2.14. The lowest BCUT2D eigenvalue weighted by Crippen LogP contribution is -2.06. The maximum atomic E-state index is 10.8. The lowest BCUT2D eigenvalue weighted by atomic mass is 10.2. The topological polar surface area (TPSA) is 90.4 Å². The maximum absolute atomic E-state index is 10.8. The van der Waals surface area contributed by atoms with Gasteiger partial charge in [0, 0.05) is 7.05 Å². The lowest BCUT2D eigenvalue weighted by Gasteiger charge is -2.10. The molecule has 21 heavy (non-hydrogen) atoms. The smallest absolute Gasteiger partial charge is 0.335 e. The molecule has 0 aliphatic rings. The molecule has 0 unspecified atom stereocenters. The molecule has 0 saturated carbocycles. The van der Waals surface area contributed by atoms with Gasteiger partial charge in [0.1, 0.15) is 12.4 Å². The molecule has 0 amide bonds. The number of nitrogens with zero attached hydrogens (tertiary/aromatic N) is 2. The van der Waals surface area contributed by atoms with Crippen LogP contribution in [0.2, 0.25) is 5.02 Å². The van der Waals surface area contributed by atoms with E-state index in [2.05, 4.69) is 5.10 Å². The Bertz CT molecular complexity index is 682. The molecule has 1 heterocycles. The zero-order chi connectivity index (χ0) is 15.6. The van der Waals surface area contributed by atoms with E-state index in [4.69, 9.17) is 27.2 Å². The molecule has 0 saturated heterocycles. The Morgan fingerprint density at radius 2 is 2.24 bits per heavy atom. The number of benzene rings is 1. The minimum absolute atomic E-state index is 0.117. The monoisotopic (exact) mass is 309 g/mol. The van der Waals surface area contributed by atoms with Crippen LogP contribution < -0.4 is 10.5 Å². The number of carboxylic acids is 1. The van der Waals surface area contributed by atoms with Gasteiger partial charge < -0.3 is 15.6 Å². The van der Waals surface area contributed by atoms with Crippen molar-refractivity contribution in [3.05, 3.63) is 40.2 Å². The van der Waals surface area contributed by atoms with Crippen LogP contribution in [0.5, 0.6) is 5.75 Å². The molecule has 6 nitrogen and oxygen atoms in total. The molecular formula is C14H16ClN3O3. The zero-order valence-corrected chi connectivity index (χ0v) is 12.5. The summed E-state index contributed by atoms with van der Waals surface area (Å²) in [4.78, 5) is 10.8. The SMILES string of the molecule is CCc1nn(C)c(COc2ccc(C(=O)O)cc2N)c1Cl. The average Bonchev–Trinajstić information content (AvgIpc) is 2.72. The van der Waals surface area contributed by atoms with Crippen LogP contribution >= 0.6 is 11.6 Å². The molecule has 0 atom stereocenters. The fourth-order valence-electron chi connectivity index (χ4n) is 1.94. The van der Waals surface area contributed by atoms with Gasteiger partial charge in [-0.15, -0.1) is 0 Å². The number of ether oxygens (including phenoxy) is 1. The average molecular weight is 310 g/mol. The highest BCUT2D eigenvalue weighted by molar-refractivity contribution is 6.31. The molecule has 7 heteroatoms. The summed E-state index contributed by atoms with van der Waals surface area (Å²) < 4.78 is 7.28. The Kier molecular flexibility index (Phi) is 4.37. The molecule has 1 aromatic carbocycles. The van der Waals surface area contributed by atoms with E-state index in [1.165, 1.54) is 18.2 Å². The first-order chi connectivity index (χ1) is 9.93. The molecule has 3 N–H and O–H groups in total. The number of carboxylic acid groups (broad SMARTS) is 1. The minimum Gasteiger partial charge on any atom is -0.485 e. The summed E-state index contributed by atoms with van der Waals surface area (Å²) in [5, 5.41) is 13.8. The molecule has 0 radical (unpaired) electrons. The van der Waals surface area contributed by atoms with Crippen molar-refractivity contribution in [2.75, 3.05) is 5.73 Å². The largest absolute Gasteiger partial charge is 0.485 e. The predicted molar refractivity (Wildman–Crippen MR) is 79.7 cm³/mol. The third-order valence-electron chi connectivity index (χ3n) is 3.12. The first-order valence-electron chi connectivity index (χ1n) is 6.39. The number of aromatic nitrogens is 2. The van der Waals surface area contributed by atoms with Crippen LogP contribution in [-0.2, 0) is 20.1 Å². The van der Waals surface area contributed by atoms with Crippen molar-refractivity contribution in [2.24, 2.45) is 7.05 Å². The van der Waals surface area contributed by atoms with Gasteiger partial charge in [-0.1, -0.05) is 18.5 Å². The van der Waals surface area contributed by atoms with Crippen LogP contribution in [0.1, 0.15) is 28.7 Å². The summed E-state index contributed by atoms with van der Waals surface area (Å²) in [6.45, 7) is 2.18. The quantitative estimate of drug-likeness (QED) is 0.828. The van der Waals surface area contributed by atoms with Crippen molar-refractivity contribution in [2.45, 2.75) is 20.0 Å². The molecule has 0 spiro atoms. The number of nitrogens with two attached hydrogens (primary N) is 1. The second-order valence-electron chi connectivity index (χ2n) is 4.53. The van der Waals surface area contributed by atoms with Crippen LogP contribution in [0.4, 0.5) is 5.69 Å². The van der Waals surface area contributed by atoms with Gasteiger partial charge in [-0.2, -0.15) is 5.10 Å². The molecule has 0 bridgehead atoms. The van der Waals surface area contributed by atoms with Gasteiger partial charge in [-0.3, -0.25) is 4.68 Å². The van der Waals surface area contributed by atoms with E-state index in [1.807, 2.05) is 6.92 Å². The van der Waals surface area contributed by atoms with E-state index in [-0.39, 0.29) is 17.9 Å². The number of halogens is 1. The summed E-state index contributed by atoms with van der Waals surface area (Å²) in [7, 11) is 1.79. The molecule has 0 fully saturated rings. The number of hydrogen-bond donors (Lipinski definition) is 2. The summed E-state index contributed by atoms with van der Waals surface area (Å²) in [6, 6.07) is 4.33. The van der Waals surface area contributed by atoms with Gasteiger partial charge in [0.25, 0.3) is 0 Å². The Labute approximate surface area is 127 Å². The van der Waals surface area contributed by atoms with Crippen molar-refractivity contribution in [3.8, 4) is 5.75 Å². The highest BCUT2D eigenvalue weighted by Crippen LogP contribution is 2.26. The third-order valence-corrected chi connectivity index (χ3v) is 3.56. The summed E-state index contributed by atoms with van der Waals surface area (Å²) in [5.74, 6) is -0.620. The third kappa shape index (κ3) is 3.11. The van der Waals surface area contributed by atoms with Gasteiger partial charge in [0.05, 0.1) is 27.7 Å². The molecule has 0 aliphatic carbocycles. The number of hydrogen-bond acceptors (Lipinski definition) is 4. The van der Waals surface area contributed by atoms with Gasteiger partial charge in [0.2, 0.25) is 0 Å². The number of nitrogen functional groups attached to an aromatic ring is 1. The molecular weight excluding hydrogens is 294 g/mol. The van der Waals surface area contributed by atoms with Crippen molar-refractivity contribution in [1.29, 1.82) is 0 Å². The van der Waals surface area contributed by atoms with E-state index in [0.29, 0.717) is 10.8 Å². The second-order valence-corrected chi connectivity index (χ2v) is 4.91. The zero-order valence-electron chi connectivity index (χ0n) is 11.8. The van der Waals surface area contributed by atoms with E-state index in [0.717, 1.165) is 17.8 Å². The Morgan fingerprint density at radius 1 is 1.52 bits per heavy atom. The number of aromatic carboxylic acids is 1. The minimum atomic E-state index is -1.03. The standard InChI is InChI=1S/C14H16ClN3O3/c1-3-10-13(15)11(18(2)17-10)7-21-12-5-4-8(14(19)20)6-9(12)16/h4-6H,3,7,16H2,1-2H3,(H,19,20). The number of carbonyl (C=O) groups is 1. The summed E-state index contributed by atoms with van der Waals surface area (Å²) >= 11 is 6.23. The maximum Gasteiger partial charge on any atom is 0.335 e. The molecule has 2 rings (SSSR count). The fraction of sp³-hybridized carbons (Fsp3) is 0.286. The van der Waals surface area contributed by atoms with E-state index in [1.54, 1.807) is 11.7 Å². The van der Waals surface area contributed by atoms with Crippen molar-refractivity contribution in [3.63, 3.8) is 0 Å². The number of rotatable bonds is 5. The van der Waals surface area contributed by atoms with Crippen molar-refractivity contribution in [1.82, 2.24) is 9.78 Å². The second kappa shape index (κ2) is 6.05.